The van der Waals surface area contributed by atoms with Gasteiger partial charge in [0.25, 0.3) is 0 Å². The minimum Gasteiger partial charge on any atom is -0.492 e. The van der Waals surface area contributed by atoms with Crippen LogP contribution in [-0.2, 0) is 11.2 Å². The van der Waals surface area contributed by atoms with Gasteiger partial charge < -0.3 is 10.2 Å². The van der Waals surface area contributed by atoms with Crippen molar-refractivity contribution in [3.05, 3.63) is 17.8 Å². The predicted molar refractivity (Wildman–Crippen MR) is 58.1 cm³/mol. The number of carboxylic acid groups (broad SMARTS) is 1. The van der Waals surface area contributed by atoms with Crippen LogP contribution in [0.4, 0.5) is 0 Å². The first-order valence-corrected chi connectivity index (χ1v) is 5.16. The Balaban J connectivity index is 2.45. The molecule has 1 aromatic rings. The molecule has 0 fully saturated rings. The minimum atomic E-state index is -0.789. The Hall–Kier alpha value is -1.65. The Kier molecular flexibility index (Phi) is 3.82. The smallest absolute Gasteiger partial charge is 0.309 e. The Morgan fingerprint density at radius 2 is 2.19 bits per heavy atom. The molecular formula is C11H16N2O3. The van der Waals surface area contributed by atoms with Gasteiger partial charge in [-0.05, 0) is 38.7 Å². The molecule has 0 aliphatic carbocycles. The number of rotatable bonds is 5. The number of hydrogen-bond acceptors (Lipinski definition) is 4. The van der Waals surface area contributed by atoms with Gasteiger partial charge in [-0.3, -0.25) is 4.79 Å². The molecular weight excluding hydrogens is 208 g/mol. The molecule has 88 valence electrons. The number of carbonyl (C=O) groups is 1. The molecule has 2 N–H and O–H groups in total. The number of carboxylic acids is 1. The lowest BCUT2D eigenvalue weighted by atomic mass is 9.87. The molecule has 0 bridgehead atoms. The van der Waals surface area contributed by atoms with E-state index in [1.165, 1.54) is 0 Å². The van der Waals surface area contributed by atoms with Gasteiger partial charge in [0, 0.05) is 6.07 Å². The van der Waals surface area contributed by atoms with E-state index in [1.54, 1.807) is 26.1 Å². The molecule has 0 amide bonds. The third-order valence-corrected chi connectivity index (χ3v) is 2.54. The lowest BCUT2D eigenvalue weighted by Gasteiger charge is -2.18. The highest BCUT2D eigenvalue weighted by Crippen LogP contribution is 2.23. The van der Waals surface area contributed by atoms with E-state index >= 15 is 0 Å². The van der Waals surface area contributed by atoms with Crippen molar-refractivity contribution in [2.45, 2.75) is 33.1 Å². The SMILES string of the molecule is CC(C)(CCCc1cnnc(O)c1)C(=O)O. The Labute approximate surface area is 94.1 Å². The Morgan fingerprint density at radius 3 is 2.75 bits per heavy atom. The first kappa shape index (κ1) is 12.4. The zero-order valence-corrected chi connectivity index (χ0v) is 9.47. The summed E-state index contributed by atoms with van der Waals surface area (Å²) in [4.78, 5) is 10.9. The van der Waals surface area contributed by atoms with Crippen molar-refractivity contribution >= 4 is 5.97 Å². The van der Waals surface area contributed by atoms with Crippen LogP contribution in [0.1, 0.15) is 32.3 Å². The average molecular weight is 224 g/mol. The monoisotopic (exact) mass is 224 g/mol. The second kappa shape index (κ2) is 4.92. The molecule has 0 saturated carbocycles. The summed E-state index contributed by atoms with van der Waals surface area (Å²) in [5, 5.41) is 25.1. The molecule has 0 spiro atoms. The fourth-order valence-electron chi connectivity index (χ4n) is 1.37. The van der Waals surface area contributed by atoms with Crippen molar-refractivity contribution in [1.82, 2.24) is 10.2 Å². The van der Waals surface area contributed by atoms with Crippen LogP contribution in [0.3, 0.4) is 0 Å². The molecule has 0 aliphatic rings. The molecule has 0 saturated heterocycles. The van der Waals surface area contributed by atoms with Gasteiger partial charge >= 0.3 is 5.97 Å². The first-order valence-electron chi connectivity index (χ1n) is 5.16. The summed E-state index contributed by atoms with van der Waals surface area (Å²) in [5.74, 6) is -0.891. The topological polar surface area (TPSA) is 83.3 Å². The van der Waals surface area contributed by atoms with E-state index in [0.29, 0.717) is 12.8 Å². The highest BCUT2D eigenvalue weighted by molar-refractivity contribution is 5.73. The summed E-state index contributed by atoms with van der Waals surface area (Å²) >= 11 is 0. The van der Waals surface area contributed by atoms with Gasteiger partial charge in [-0.25, -0.2) is 0 Å². The van der Waals surface area contributed by atoms with Crippen LogP contribution < -0.4 is 0 Å². The van der Waals surface area contributed by atoms with Crippen molar-refractivity contribution in [3.8, 4) is 5.88 Å². The second-order valence-corrected chi connectivity index (χ2v) is 4.46. The summed E-state index contributed by atoms with van der Waals surface area (Å²) in [5.41, 5.74) is 0.163. The number of hydrogen-bond donors (Lipinski definition) is 2. The Bertz CT molecular complexity index is 377. The molecule has 0 unspecified atom stereocenters. The van der Waals surface area contributed by atoms with E-state index in [9.17, 15) is 4.79 Å². The molecule has 0 atom stereocenters. The van der Waals surface area contributed by atoms with Gasteiger partial charge in [0.15, 0.2) is 0 Å². The third kappa shape index (κ3) is 3.49. The summed E-state index contributed by atoms with van der Waals surface area (Å²) in [7, 11) is 0. The van der Waals surface area contributed by atoms with E-state index in [1.807, 2.05) is 0 Å². The van der Waals surface area contributed by atoms with Crippen molar-refractivity contribution in [1.29, 1.82) is 0 Å². The summed E-state index contributed by atoms with van der Waals surface area (Å²) < 4.78 is 0. The molecule has 0 aliphatic heterocycles. The van der Waals surface area contributed by atoms with Crippen molar-refractivity contribution in [2.24, 2.45) is 5.41 Å². The fourth-order valence-corrected chi connectivity index (χ4v) is 1.37. The zero-order valence-electron chi connectivity index (χ0n) is 9.47. The lowest BCUT2D eigenvalue weighted by Crippen LogP contribution is -2.23. The lowest BCUT2D eigenvalue weighted by molar-refractivity contribution is -0.147. The van der Waals surface area contributed by atoms with Crippen LogP contribution >= 0.6 is 0 Å². The van der Waals surface area contributed by atoms with Crippen LogP contribution in [0.5, 0.6) is 5.88 Å². The van der Waals surface area contributed by atoms with Gasteiger partial charge in [-0.1, -0.05) is 0 Å². The summed E-state index contributed by atoms with van der Waals surface area (Å²) in [6.45, 7) is 3.41. The van der Waals surface area contributed by atoms with E-state index in [-0.39, 0.29) is 5.88 Å². The molecule has 1 rings (SSSR count). The predicted octanol–water partition coefficient (Wildman–Crippen LogP) is 1.62. The van der Waals surface area contributed by atoms with Crippen LogP contribution in [0.15, 0.2) is 12.3 Å². The average Bonchev–Trinajstić information content (AvgIpc) is 2.17. The summed E-state index contributed by atoms with van der Waals surface area (Å²) in [6, 6.07) is 1.54. The van der Waals surface area contributed by atoms with Crippen molar-refractivity contribution in [2.75, 3.05) is 0 Å². The highest BCUT2D eigenvalue weighted by Gasteiger charge is 2.26. The normalized spacial score (nSPS) is 11.4. The molecule has 16 heavy (non-hydrogen) atoms. The van der Waals surface area contributed by atoms with E-state index in [2.05, 4.69) is 10.2 Å². The van der Waals surface area contributed by atoms with Gasteiger partial charge in [0.05, 0.1) is 11.6 Å². The van der Waals surface area contributed by atoms with E-state index in [0.717, 1.165) is 12.0 Å². The standard InChI is InChI=1S/C11H16N2O3/c1-11(2,10(15)16)5-3-4-8-6-9(14)13-12-7-8/h6-7H,3-5H2,1-2H3,(H,13,14)(H,15,16). The van der Waals surface area contributed by atoms with Gasteiger partial charge in [-0.15, -0.1) is 5.10 Å². The van der Waals surface area contributed by atoms with Crippen LogP contribution in [0.25, 0.3) is 0 Å². The maximum Gasteiger partial charge on any atom is 0.309 e. The molecule has 0 aromatic carbocycles. The van der Waals surface area contributed by atoms with E-state index < -0.39 is 11.4 Å². The van der Waals surface area contributed by atoms with Gasteiger partial charge in [0.1, 0.15) is 0 Å². The van der Waals surface area contributed by atoms with Crippen LogP contribution in [0.2, 0.25) is 0 Å². The molecule has 1 aromatic heterocycles. The van der Waals surface area contributed by atoms with Crippen LogP contribution in [-0.4, -0.2) is 26.4 Å². The van der Waals surface area contributed by atoms with Crippen molar-refractivity contribution < 1.29 is 15.0 Å². The zero-order chi connectivity index (χ0) is 12.2. The molecule has 1 heterocycles. The molecule has 0 radical (unpaired) electrons. The highest BCUT2D eigenvalue weighted by atomic mass is 16.4. The number of aryl methyl sites for hydroxylation is 1. The van der Waals surface area contributed by atoms with Gasteiger partial charge in [-0.2, -0.15) is 5.10 Å². The van der Waals surface area contributed by atoms with Crippen molar-refractivity contribution in [3.63, 3.8) is 0 Å². The first-order chi connectivity index (χ1) is 7.42. The number of aromatic hydroxyl groups is 1. The number of aliphatic carboxylic acids is 1. The van der Waals surface area contributed by atoms with Gasteiger partial charge in [0.2, 0.25) is 5.88 Å². The minimum absolute atomic E-state index is 0.102. The quantitative estimate of drug-likeness (QED) is 0.794. The van der Waals surface area contributed by atoms with E-state index in [4.69, 9.17) is 10.2 Å². The van der Waals surface area contributed by atoms with Crippen LogP contribution in [0, 0.1) is 5.41 Å². The maximum atomic E-state index is 10.9. The molecule has 5 heteroatoms. The number of aromatic nitrogens is 2. The summed E-state index contributed by atoms with van der Waals surface area (Å²) in [6.07, 6.45) is 3.60. The Morgan fingerprint density at radius 1 is 1.50 bits per heavy atom. The number of nitrogens with zero attached hydrogens (tertiary/aromatic N) is 2. The maximum absolute atomic E-state index is 10.9. The second-order valence-electron chi connectivity index (χ2n) is 4.46. The largest absolute Gasteiger partial charge is 0.492 e. The third-order valence-electron chi connectivity index (χ3n) is 2.54. The molecule has 5 nitrogen and oxygen atoms in total. The fraction of sp³-hybridized carbons (Fsp3) is 0.545.